The molecule has 5 heterocycles. The highest BCUT2D eigenvalue weighted by Crippen LogP contribution is 2.35. The number of ether oxygens (including phenoxy) is 3. The Balaban J connectivity index is 1.12. The molecule has 3 aliphatic heterocycles. The summed E-state index contributed by atoms with van der Waals surface area (Å²) in [5.74, 6) is 3.98. The molecule has 6 atom stereocenters. The van der Waals surface area contributed by atoms with Gasteiger partial charge in [-0.05, 0) is 84.2 Å². The zero-order valence-electron chi connectivity index (χ0n) is 42.7. The number of anilines is 1. The van der Waals surface area contributed by atoms with Crippen LogP contribution >= 0.6 is 0 Å². The number of carbonyl (C=O) groups excluding carboxylic acids is 4. The Morgan fingerprint density at radius 1 is 0.795 bits per heavy atom. The van der Waals surface area contributed by atoms with Gasteiger partial charge in [-0.2, -0.15) is 0 Å². The number of pyridine rings is 2. The lowest BCUT2D eigenvalue weighted by molar-refractivity contribution is -0.132. The molecule has 4 aromatic rings. The Hall–Kier alpha value is -6.72. The molecule has 2 aromatic heterocycles. The Morgan fingerprint density at radius 2 is 1.38 bits per heavy atom. The fourth-order valence-electron chi connectivity index (χ4n) is 9.49. The van der Waals surface area contributed by atoms with E-state index in [1.165, 1.54) is 26.1 Å². The summed E-state index contributed by atoms with van der Waals surface area (Å²) >= 11 is 0. The standard InChI is InChI=1S/C54H67F2N9O8/c1-53(2,3)47(60-51(69)71-7)49(67)59-44(23-34-15-12-33(13-16-34)14-17-35-18-21-46(58-26-35)63-27-37-19-20-38(28-63)65(37)39-31-73-32-39)45(66)30-64(62-50(68)48(54(4,5)6)61-52(70)72-8)29-40-41(55)24-36(25-42(40)56)43-11-9-10-22-57-43/h9-13,15-16,18,21-22,24-26,37-39,44-45,47-48,66H,19-20,23,27-32H2,1-8H3,(H,59,67)(H,60,69)(H,61,70)(H,62,68)/t37?,38?,44-,45-,47?,48+/m0/s1. The van der Waals surface area contributed by atoms with Crippen LogP contribution in [0.5, 0.6) is 0 Å². The topological polar surface area (TPSA) is 200 Å². The van der Waals surface area contributed by atoms with Gasteiger partial charge in [0.1, 0.15) is 29.5 Å². The molecule has 7 rings (SSSR count). The van der Waals surface area contributed by atoms with Crippen molar-refractivity contribution in [1.29, 1.82) is 0 Å². The molecule has 3 unspecified atom stereocenters. The van der Waals surface area contributed by atoms with Crippen molar-refractivity contribution >= 4 is 29.8 Å². The number of halogens is 2. The molecule has 19 heteroatoms. The van der Waals surface area contributed by atoms with Crippen LogP contribution in [0.2, 0.25) is 0 Å². The number of nitrogens with zero attached hydrogens (tertiary/aromatic N) is 5. The Labute approximate surface area is 425 Å². The van der Waals surface area contributed by atoms with E-state index in [-0.39, 0.29) is 12.0 Å². The lowest BCUT2D eigenvalue weighted by atomic mass is 9.85. The van der Waals surface area contributed by atoms with Crippen LogP contribution < -0.4 is 26.3 Å². The van der Waals surface area contributed by atoms with Crippen molar-refractivity contribution < 1.29 is 47.3 Å². The largest absolute Gasteiger partial charge is 0.453 e. The van der Waals surface area contributed by atoms with Gasteiger partial charge in [0, 0.05) is 72.9 Å². The Morgan fingerprint density at radius 3 is 1.90 bits per heavy atom. The van der Waals surface area contributed by atoms with Crippen LogP contribution in [0.15, 0.2) is 79.1 Å². The normalized spacial score (nSPS) is 18.5. The van der Waals surface area contributed by atoms with Gasteiger partial charge in [0.15, 0.2) is 0 Å². The zero-order valence-corrected chi connectivity index (χ0v) is 42.7. The van der Waals surface area contributed by atoms with E-state index in [1.807, 2.05) is 24.3 Å². The van der Waals surface area contributed by atoms with Crippen molar-refractivity contribution in [2.45, 2.75) is 110 Å². The maximum atomic E-state index is 16.0. The quantitative estimate of drug-likeness (QED) is 0.0713. The number of hydrogen-bond donors (Lipinski definition) is 5. The number of nitrogens with one attached hydrogen (secondary N) is 4. The number of hydrogen-bond acceptors (Lipinski definition) is 13. The number of carbonyl (C=O) groups is 4. The minimum Gasteiger partial charge on any atom is -0.453 e. The Bertz CT molecular complexity index is 2600. The van der Waals surface area contributed by atoms with Crippen molar-refractivity contribution in [3.05, 3.63) is 113 Å². The molecular formula is C54H67F2N9O8. The first kappa shape index (κ1) is 54.1. The van der Waals surface area contributed by atoms with Crippen molar-refractivity contribution in [2.75, 3.05) is 52.0 Å². The number of aromatic nitrogens is 2. The summed E-state index contributed by atoms with van der Waals surface area (Å²) in [6.07, 6.45) is 2.38. The highest BCUT2D eigenvalue weighted by molar-refractivity contribution is 5.87. The molecule has 2 aromatic carbocycles. The first-order valence-corrected chi connectivity index (χ1v) is 24.5. The number of piperazine rings is 1. The van der Waals surface area contributed by atoms with Gasteiger partial charge in [-0.15, -0.1) is 0 Å². The first-order valence-electron chi connectivity index (χ1n) is 24.5. The molecule has 4 amide bonds. The second-order valence-corrected chi connectivity index (χ2v) is 21.0. The van der Waals surface area contributed by atoms with E-state index in [2.05, 4.69) is 48.0 Å². The lowest BCUT2D eigenvalue weighted by Crippen LogP contribution is -2.62. The number of methoxy groups -OCH3 is 2. The second-order valence-electron chi connectivity index (χ2n) is 21.0. The molecule has 0 spiro atoms. The minimum atomic E-state index is -1.55. The highest BCUT2D eigenvalue weighted by atomic mass is 19.1. The molecule has 3 aliphatic rings. The van der Waals surface area contributed by atoms with Crippen molar-refractivity contribution in [1.82, 2.24) is 41.3 Å². The van der Waals surface area contributed by atoms with E-state index in [1.54, 1.807) is 78.1 Å². The predicted octanol–water partition coefficient (Wildman–Crippen LogP) is 5.34. The van der Waals surface area contributed by atoms with Gasteiger partial charge in [0.2, 0.25) is 5.91 Å². The molecule has 3 fully saturated rings. The van der Waals surface area contributed by atoms with Gasteiger partial charge < -0.3 is 40.2 Å². The first-order chi connectivity index (χ1) is 34.7. The van der Waals surface area contributed by atoms with E-state index in [0.29, 0.717) is 34.9 Å². The van der Waals surface area contributed by atoms with Crippen LogP contribution in [0, 0.1) is 34.3 Å². The van der Waals surface area contributed by atoms with Crippen molar-refractivity contribution in [3.63, 3.8) is 0 Å². The summed E-state index contributed by atoms with van der Waals surface area (Å²) in [5.41, 5.74) is 3.10. The van der Waals surface area contributed by atoms with Gasteiger partial charge in [0.25, 0.3) is 5.91 Å². The molecule has 73 heavy (non-hydrogen) atoms. The number of benzene rings is 2. The fraction of sp³-hybridized carbons (Fsp3) is 0.481. The SMILES string of the molecule is COC(=O)NC(C(=O)N[C@@H](Cc1ccc(C#Cc2ccc(N3CC4CCC(C3)N4C3COC3)nc2)cc1)[C@@H](O)CN(Cc1c(F)cc(-c2ccccn2)cc1F)NC(=O)[C@@H](NC(=O)OC)C(C)(C)C)C(C)(C)C. The number of hydrazine groups is 1. The Kier molecular flexibility index (Phi) is 17.4. The third kappa shape index (κ3) is 13.9. The van der Waals surface area contributed by atoms with Crippen LogP contribution in [0.3, 0.4) is 0 Å². The van der Waals surface area contributed by atoms with Gasteiger partial charge in [0.05, 0.1) is 51.3 Å². The summed E-state index contributed by atoms with van der Waals surface area (Å²) in [6, 6.07) is 16.5. The predicted molar refractivity (Wildman–Crippen MR) is 269 cm³/mol. The van der Waals surface area contributed by atoms with Crippen LogP contribution in [0.1, 0.15) is 76.6 Å². The summed E-state index contributed by atoms with van der Waals surface area (Å²) in [6.45, 7) is 12.7. The van der Waals surface area contributed by atoms with Gasteiger partial charge in [-0.1, -0.05) is 71.6 Å². The maximum absolute atomic E-state index is 16.0. The van der Waals surface area contributed by atoms with Crippen LogP contribution in [-0.4, -0.2) is 138 Å². The molecule has 17 nitrogen and oxygen atoms in total. The monoisotopic (exact) mass is 1010 g/mol. The summed E-state index contributed by atoms with van der Waals surface area (Å²) in [4.78, 5) is 67.1. The number of aliphatic hydroxyl groups excluding tert-OH is 1. The molecule has 3 saturated heterocycles. The van der Waals surface area contributed by atoms with E-state index >= 15 is 8.78 Å². The fourth-order valence-corrected chi connectivity index (χ4v) is 9.49. The third-order valence-corrected chi connectivity index (χ3v) is 13.5. The number of aliphatic hydroxyl groups is 1. The van der Waals surface area contributed by atoms with Gasteiger partial charge >= 0.3 is 12.2 Å². The van der Waals surface area contributed by atoms with Gasteiger partial charge in [-0.25, -0.2) is 28.4 Å². The number of amides is 4. The summed E-state index contributed by atoms with van der Waals surface area (Å²) in [7, 11) is 2.31. The van der Waals surface area contributed by atoms with Crippen LogP contribution in [0.25, 0.3) is 11.3 Å². The highest BCUT2D eigenvalue weighted by Gasteiger charge is 2.45. The number of alkyl carbamates (subject to hydrolysis) is 2. The summed E-state index contributed by atoms with van der Waals surface area (Å²) < 4.78 is 47.1. The minimum absolute atomic E-state index is 0.0171. The van der Waals surface area contributed by atoms with Gasteiger partial charge in [-0.3, -0.25) is 24.9 Å². The number of fused-ring (bicyclic) bond motifs is 2. The molecule has 0 radical (unpaired) electrons. The average Bonchev–Trinajstić information content (AvgIpc) is 3.57. The second kappa shape index (κ2) is 23.4. The third-order valence-electron chi connectivity index (χ3n) is 13.5. The maximum Gasteiger partial charge on any atom is 0.407 e. The smallest absolute Gasteiger partial charge is 0.407 e. The summed E-state index contributed by atoms with van der Waals surface area (Å²) in [5, 5.41) is 21.3. The van der Waals surface area contributed by atoms with E-state index in [9.17, 15) is 24.3 Å². The molecule has 5 N–H and O–H groups in total. The molecule has 390 valence electrons. The van der Waals surface area contributed by atoms with Crippen molar-refractivity contribution in [2.24, 2.45) is 10.8 Å². The van der Waals surface area contributed by atoms with Crippen LogP contribution in [-0.2, 0) is 36.8 Å². The zero-order chi connectivity index (χ0) is 52.6. The van der Waals surface area contributed by atoms with E-state index in [4.69, 9.17) is 19.2 Å². The van der Waals surface area contributed by atoms with Crippen molar-refractivity contribution in [3.8, 4) is 23.1 Å². The molecule has 2 bridgehead atoms. The van der Waals surface area contributed by atoms with E-state index < -0.39 is 89.3 Å². The average molecular weight is 1010 g/mol. The molecule has 0 aliphatic carbocycles. The molecular weight excluding hydrogens is 941 g/mol. The van der Waals surface area contributed by atoms with E-state index in [0.717, 1.165) is 61.9 Å². The van der Waals surface area contributed by atoms with Crippen LogP contribution in [0.4, 0.5) is 24.2 Å². The molecule has 0 saturated carbocycles. The lowest BCUT2D eigenvalue weighted by Gasteiger charge is -2.47. The number of rotatable bonds is 16.